The van der Waals surface area contributed by atoms with Gasteiger partial charge in [0.1, 0.15) is 0 Å². The van der Waals surface area contributed by atoms with Crippen molar-refractivity contribution in [1.29, 1.82) is 0 Å². The molecule has 0 heterocycles. The van der Waals surface area contributed by atoms with E-state index >= 15 is 0 Å². The second-order valence-corrected chi connectivity index (χ2v) is 2.43. The summed E-state index contributed by atoms with van der Waals surface area (Å²) in [6, 6.07) is 0. The molecule has 2 heteroatoms. The van der Waals surface area contributed by atoms with E-state index in [1.165, 1.54) is 0 Å². The summed E-state index contributed by atoms with van der Waals surface area (Å²) in [6.07, 6.45) is 2.11. The lowest BCUT2D eigenvalue weighted by molar-refractivity contribution is 0.691. The van der Waals surface area contributed by atoms with Crippen LogP contribution in [-0.4, -0.2) is 6.54 Å². The van der Waals surface area contributed by atoms with E-state index in [-0.39, 0.29) is 0 Å². The quantitative estimate of drug-likeness (QED) is 0.599. The molecule has 0 aliphatic heterocycles. The highest BCUT2D eigenvalue weighted by molar-refractivity contribution is 5.03. The van der Waals surface area contributed by atoms with Crippen molar-refractivity contribution in [3.8, 4) is 0 Å². The van der Waals surface area contributed by atoms with Crippen LogP contribution >= 0.6 is 0 Å². The van der Waals surface area contributed by atoms with Crippen LogP contribution < -0.4 is 5.73 Å². The van der Waals surface area contributed by atoms with Crippen LogP contribution in [0.25, 0.3) is 0 Å². The molecule has 0 radical (unpaired) electrons. The second-order valence-electron chi connectivity index (χ2n) is 2.43. The van der Waals surface area contributed by atoms with Crippen LogP contribution in [0.1, 0.15) is 19.8 Å². The van der Waals surface area contributed by atoms with Crippen molar-refractivity contribution in [2.24, 2.45) is 5.73 Å². The van der Waals surface area contributed by atoms with E-state index in [0.717, 1.165) is 12.0 Å². The van der Waals surface area contributed by atoms with Gasteiger partial charge in [-0.1, -0.05) is 5.57 Å². The molecule has 0 bridgehead atoms. The average molecular weight is 143 g/mol. The third-order valence-electron chi connectivity index (χ3n) is 1.29. The van der Waals surface area contributed by atoms with Gasteiger partial charge in [0.25, 0.3) is 0 Å². The molecular formula is C8H14FN. The SMILES string of the molecule is C=C(C)CC/C(=C\F)CN. The van der Waals surface area contributed by atoms with Crippen molar-refractivity contribution < 1.29 is 4.39 Å². The zero-order chi connectivity index (χ0) is 7.98. The van der Waals surface area contributed by atoms with Gasteiger partial charge in [-0.05, 0) is 25.3 Å². The van der Waals surface area contributed by atoms with Gasteiger partial charge in [-0.25, -0.2) is 4.39 Å². The number of rotatable bonds is 4. The minimum absolute atomic E-state index is 0.309. The highest BCUT2D eigenvalue weighted by atomic mass is 19.1. The molecule has 0 aliphatic carbocycles. The van der Waals surface area contributed by atoms with Crippen LogP contribution in [0.5, 0.6) is 0 Å². The average Bonchev–Trinajstić information content (AvgIpc) is 1.90. The Morgan fingerprint density at radius 1 is 1.60 bits per heavy atom. The molecule has 0 aromatic rings. The highest BCUT2D eigenvalue weighted by Gasteiger charge is 1.93. The van der Waals surface area contributed by atoms with Crippen LogP contribution in [0.4, 0.5) is 4.39 Å². The van der Waals surface area contributed by atoms with E-state index in [4.69, 9.17) is 5.73 Å². The first-order valence-corrected chi connectivity index (χ1v) is 3.33. The Bertz CT molecular complexity index is 138. The summed E-state index contributed by atoms with van der Waals surface area (Å²) < 4.78 is 11.8. The molecule has 0 atom stereocenters. The predicted molar refractivity (Wildman–Crippen MR) is 42.3 cm³/mol. The van der Waals surface area contributed by atoms with E-state index in [1.54, 1.807) is 0 Å². The number of nitrogens with two attached hydrogens (primary N) is 1. The molecule has 10 heavy (non-hydrogen) atoms. The molecule has 1 nitrogen and oxygen atoms in total. The van der Waals surface area contributed by atoms with E-state index in [9.17, 15) is 4.39 Å². The first kappa shape index (κ1) is 9.37. The molecule has 0 saturated carbocycles. The number of halogens is 1. The Kier molecular flexibility index (Phi) is 4.85. The van der Waals surface area contributed by atoms with Crippen LogP contribution in [0.2, 0.25) is 0 Å². The number of allylic oxidation sites excluding steroid dienone is 1. The Labute approximate surface area is 61.4 Å². The van der Waals surface area contributed by atoms with E-state index in [1.807, 2.05) is 6.92 Å². The molecule has 0 unspecified atom stereocenters. The van der Waals surface area contributed by atoms with Crippen LogP contribution in [-0.2, 0) is 0 Å². The van der Waals surface area contributed by atoms with E-state index in [2.05, 4.69) is 6.58 Å². The second kappa shape index (κ2) is 5.18. The first-order chi connectivity index (χ1) is 4.70. The summed E-state index contributed by atoms with van der Waals surface area (Å²) in [6.45, 7) is 5.94. The van der Waals surface area contributed by atoms with Crippen molar-refractivity contribution in [3.05, 3.63) is 24.1 Å². The minimum Gasteiger partial charge on any atom is -0.327 e. The maximum atomic E-state index is 11.8. The third-order valence-corrected chi connectivity index (χ3v) is 1.29. The fourth-order valence-corrected chi connectivity index (χ4v) is 0.575. The molecular weight excluding hydrogens is 129 g/mol. The van der Waals surface area contributed by atoms with Gasteiger partial charge in [-0.2, -0.15) is 0 Å². The maximum Gasteiger partial charge on any atom is 0.0871 e. The number of hydrogen-bond donors (Lipinski definition) is 1. The molecule has 0 rings (SSSR count). The normalized spacial score (nSPS) is 11.7. The summed E-state index contributed by atoms with van der Waals surface area (Å²) in [5.74, 6) is 0. The summed E-state index contributed by atoms with van der Waals surface area (Å²) in [5.41, 5.74) is 6.95. The molecule has 58 valence electrons. The monoisotopic (exact) mass is 143 g/mol. The largest absolute Gasteiger partial charge is 0.327 e. The van der Waals surface area contributed by atoms with Crippen molar-refractivity contribution in [2.75, 3.05) is 6.54 Å². The summed E-state index contributed by atoms with van der Waals surface area (Å²) in [7, 11) is 0. The Balaban J connectivity index is 3.56. The lowest BCUT2D eigenvalue weighted by Crippen LogP contribution is -2.02. The lowest BCUT2D eigenvalue weighted by Gasteiger charge is -2.00. The van der Waals surface area contributed by atoms with Gasteiger partial charge in [-0.15, -0.1) is 6.58 Å². The predicted octanol–water partition coefficient (Wildman–Crippen LogP) is 2.15. The Hall–Kier alpha value is -0.630. The van der Waals surface area contributed by atoms with Crippen LogP contribution in [0, 0.1) is 0 Å². The van der Waals surface area contributed by atoms with Gasteiger partial charge in [0, 0.05) is 6.54 Å². The fraction of sp³-hybridized carbons (Fsp3) is 0.500. The molecule has 0 spiro atoms. The molecule has 0 aromatic carbocycles. The molecule has 0 fully saturated rings. The summed E-state index contributed by atoms with van der Waals surface area (Å²) in [5, 5.41) is 0. The van der Waals surface area contributed by atoms with Crippen molar-refractivity contribution in [2.45, 2.75) is 19.8 Å². The van der Waals surface area contributed by atoms with Gasteiger partial charge in [0.05, 0.1) is 6.33 Å². The van der Waals surface area contributed by atoms with Gasteiger partial charge in [0.15, 0.2) is 0 Å². The van der Waals surface area contributed by atoms with Gasteiger partial charge in [-0.3, -0.25) is 0 Å². The Morgan fingerprint density at radius 2 is 2.20 bits per heavy atom. The van der Waals surface area contributed by atoms with Crippen LogP contribution in [0.3, 0.4) is 0 Å². The molecule has 2 N–H and O–H groups in total. The van der Waals surface area contributed by atoms with Crippen molar-refractivity contribution in [3.63, 3.8) is 0 Å². The third kappa shape index (κ3) is 4.27. The van der Waals surface area contributed by atoms with E-state index in [0.29, 0.717) is 24.9 Å². The topological polar surface area (TPSA) is 26.0 Å². The van der Waals surface area contributed by atoms with Crippen molar-refractivity contribution >= 4 is 0 Å². The standard InChI is InChI=1S/C8H14FN/c1-7(2)3-4-8(5-9)6-10/h5H,1,3-4,6,10H2,2H3/b8-5+. The van der Waals surface area contributed by atoms with Crippen LogP contribution in [0.15, 0.2) is 24.1 Å². The first-order valence-electron chi connectivity index (χ1n) is 3.33. The zero-order valence-electron chi connectivity index (χ0n) is 6.36. The highest BCUT2D eigenvalue weighted by Crippen LogP contribution is 2.08. The number of hydrogen-bond acceptors (Lipinski definition) is 1. The van der Waals surface area contributed by atoms with Gasteiger partial charge >= 0.3 is 0 Å². The molecule has 0 aromatic heterocycles. The molecule has 0 saturated heterocycles. The summed E-state index contributed by atoms with van der Waals surface area (Å²) >= 11 is 0. The minimum atomic E-state index is 0.309. The molecule has 0 aliphatic rings. The van der Waals surface area contributed by atoms with Crippen molar-refractivity contribution in [1.82, 2.24) is 0 Å². The lowest BCUT2D eigenvalue weighted by atomic mass is 10.1. The summed E-state index contributed by atoms with van der Waals surface area (Å²) in [4.78, 5) is 0. The fourth-order valence-electron chi connectivity index (χ4n) is 0.575. The maximum absolute atomic E-state index is 11.8. The van der Waals surface area contributed by atoms with Gasteiger partial charge < -0.3 is 5.73 Å². The zero-order valence-corrected chi connectivity index (χ0v) is 6.36. The molecule has 0 amide bonds. The smallest absolute Gasteiger partial charge is 0.0871 e. The van der Waals surface area contributed by atoms with E-state index < -0.39 is 0 Å². The van der Waals surface area contributed by atoms with Gasteiger partial charge in [0.2, 0.25) is 0 Å². The Morgan fingerprint density at radius 3 is 2.50 bits per heavy atom.